The Morgan fingerprint density at radius 1 is 1.12 bits per heavy atom. The Labute approximate surface area is 114 Å². The van der Waals surface area contributed by atoms with E-state index in [-0.39, 0.29) is 5.54 Å². The topological polar surface area (TPSA) is 3.24 Å². The molecular formula is C14H19Cl2N. The summed E-state index contributed by atoms with van der Waals surface area (Å²) >= 11 is 12.1. The zero-order valence-electron chi connectivity index (χ0n) is 10.5. The smallest absolute Gasteiger partial charge is 0.0595 e. The van der Waals surface area contributed by atoms with Gasteiger partial charge in [-0.1, -0.05) is 43.1 Å². The van der Waals surface area contributed by atoms with Crippen molar-refractivity contribution < 1.29 is 0 Å². The summed E-state index contributed by atoms with van der Waals surface area (Å²) in [4.78, 5) is 2.54. The summed E-state index contributed by atoms with van der Waals surface area (Å²) < 4.78 is 0. The van der Waals surface area contributed by atoms with Crippen LogP contribution in [0.5, 0.6) is 0 Å². The molecule has 1 nitrogen and oxygen atoms in total. The Bertz CT molecular complexity index is 395. The summed E-state index contributed by atoms with van der Waals surface area (Å²) in [6.45, 7) is 6.61. The van der Waals surface area contributed by atoms with Gasteiger partial charge in [0.1, 0.15) is 0 Å². The van der Waals surface area contributed by atoms with E-state index in [1.54, 1.807) is 0 Å². The number of nitrogens with zero attached hydrogens (tertiary/aromatic N) is 1. The third kappa shape index (κ3) is 2.21. The van der Waals surface area contributed by atoms with Crippen molar-refractivity contribution in [2.45, 2.75) is 38.6 Å². The van der Waals surface area contributed by atoms with Crippen LogP contribution >= 0.6 is 23.2 Å². The predicted molar refractivity (Wildman–Crippen MR) is 74.9 cm³/mol. The maximum atomic E-state index is 6.14. The SMILES string of the molecule is CCN(CC)C1(c2ccc(Cl)c(Cl)c2)CCC1. The lowest BCUT2D eigenvalue weighted by Crippen LogP contribution is -2.50. The molecule has 0 spiro atoms. The molecule has 1 aromatic rings. The Morgan fingerprint density at radius 2 is 1.76 bits per heavy atom. The number of benzene rings is 1. The second-order valence-electron chi connectivity index (χ2n) is 4.69. The molecule has 0 aliphatic heterocycles. The van der Waals surface area contributed by atoms with Crippen LogP contribution in [0.15, 0.2) is 18.2 Å². The van der Waals surface area contributed by atoms with E-state index < -0.39 is 0 Å². The van der Waals surface area contributed by atoms with E-state index >= 15 is 0 Å². The molecule has 0 saturated heterocycles. The molecule has 0 heterocycles. The van der Waals surface area contributed by atoms with Crippen molar-refractivity contribution >= 4 is 23.2 Å². The van der Waals surface area contributed by atoms with E-state index in [9.17, 15) is 0 Å². The lowest BCUT2D eigenvalue weighted by Gasteiger charge is -2.50. The van der Waals surface area contributed by atoms with Crippen molar-refractivity contribution in [3.05, 3.63) is 33.8 Å². The highest BCUT2D eigenvalue weighted by Crippen LogP contribution is 2.47. The normalized spacial score (nSPS) is 18.2. The zero-order valence-corrected chi connectivity index (χ0v) is 12.0. The minimum Gasteiger partial charge on any atom is -0.294 e. The van der Waals surface area contributed by atoms with Gasteiger partial charge in [0.05, 0.1) is 10.0 Å². The van der Waals surface area contributed by atoms with E-state index in [2.05, 4.69) is 24.8 Å². The molecule has 0 aromatic heterocycles. The highest BCUT2D eigenvalue weighted by atomic mass is 35.5. The van der Waals surface area contributed by atoms with Crippen LogP contribution in [0.25, 0.3) is 0 Å². The number of halogens is 2. The largest absolute Gasteiger partial charge is 0.294 e. The first-order valence-corrected chi connectivity index (χ1v) is 7.10. The minimum absolute atomic E-state index is 0.206. The van der Waals surface area contributed by atoms with Crippen molar-refractivity contribution in [1.29, 1.82) is 0 Å². The molecule has 0 bridgehead atoms. The summed E-state index contributed by atoms with van der Waals surface area (Å²) in [5.41, 5.74) is 1.53. The fourth-order valence-corrected chi connectivity index (χ4v) is 3.21. The first-order chi connectivity index (χ1) is 8.14. The van der Waals surface area contributed by atoms with Gasteiger partial charge in [-0.05, 0) is 50.0 Å². The van der Waals surface area contributed by atoms with E-state index in [0.717, 1.165) is 13.1 Å². The van der Waals surface area contributed by atoms with Gasteiger partial charge in [0, 0.05) is 5.54 Å². The van der Waals surface area contributed by atoms with Crippen LogP contribution in [0.3, 0.4) is 0 Å². The first-order valence-electron chi connectivity index (χ1n) is 6.34. The molecule has 0 radical (unpaired) electrons. The predicted octanol–water partition coefficient (Wildman–Crippen LogP) is 4.71. The molecule has 2 rings (SSSR count). The van der Waals surface area contributed by atoms with Gasteiger partial charge < -0.3 is 0 Å². The maximum Gasteiger partial charge on any atom is 0.0595 e. The Balaban J connectivity index is 2.37. The summed E-state index contributed by atoms with van der Waals surface area (Å²) in [5.74, 6) is 0. The highest BCUT2D eigenvalue weighted by molar-refractivity contribution is 6.42. The molecule has 94 valence electrons. The second-order valence-corrected chi connectivity index (χ2v) is 5.50. The zero-order chi connectivity index (χ0) is 12.5. The van der Waals surface area contributed by atoms with Crippen molar-refractivity contribution in [2.24, 2.45) is 0 Å². The van der Waals surface area contributed by atoms with Gasteiger partial charge in [-0.15, -0.1) is 0 Å². The molecular weight excluding hydrogens is 253 g/mol. The average Bonchev–Trinajstić information content (AvgIpc) is 2.27. The van der Waals surface area contributed by atoms with Crippen LogP contribution in [0.1, 0.15) is 38.7 Å². The quantitative estimate of drug-likeness (QED) is 0.767. The molecule has 1 aliphatic rings. The second kappa shape index (κ2) is 5.17. The van der Waals surface area contributed by atoms with Crippen molar-refractivity contribution in [2.75, 3.05) is 13.1 Å². The van der Waals surface area contributed by atoms with Crippen LogP contribution in [0, 0.1) is 0 Å². The average molecular weight is 272 g/mol. The van der Waals surface area contributed by atoms with Crippen LogP contribution < -0.4 is 0 Å². The van der Waals surface area contributed by atoms with E-state index in [4.69, 9.17) is 23.2 Å². The molecule has 1 saturated carbocycles. The molecule has 0 N–H and O–H groups in total. The Hall–Kier alpha value is -0.240. The van der Waals surface area contributed by atoms with E-state index in [1.807, 2.05) is 12.1 Å². The first kappa shape index (κ1) is 13.2. The molecule has 0 unspecified atom stereocenters. The van der Waals surface area contributed by atoms with Gasteiger partial charge in [-0.25, -0.2) is 0 Å². The van der Waals surface area contributed by atoms with E-state index in [0.29, 0.717) is 10.0 Å². The maximum absolute atomic E-state index is 6.14. The van der Waals surface area contributed by atoms with Gasteiger partial charge in [0.15, 0.2) is 0 Å². The standard InChI is InChI=1S/C14H19Cl2N/c1-3-17(4-2)14(8-5-9-14)11-6-7-12(15)13(16)10-11/h6-7,10H,3-5,8-9H2,1-2H3. The van der Waals surface area contributed by atoms with Crippen LogP contribution in [-0.4, -0.2) is 18.0 Å². The van der Waals surface area contributed by atoms with Gasteiger partial charge in [-0.2, -0.15) is 0 Å². The monoisotopic (exact) mass is 271 g/mol. The van der Waals surface area contributed by atoms with Crippen LogP contribution in [0.4, 0.5) is 0 Å². The fraction of sp³-hybridized carbons (Fsp3) is 0.571. The van der Waals surface area contributed by atoms with Crippen molar-refractivity contribution in [3.8, 4) is 0 Å². The Kier molecular flexibility index (Phi) is 4.02. The summed E-state index contributed by atoms with van der Waals surface area (Å²) in [7, 11) is 0. The van der Waals surface area contributed by atoms with Crippen molar-refractivity contribution in [1.82, 2.24) is 4.90 Å². The molecule has 0 amide bonds. The molecule has 1 fully saturated rings. The molecule has 17 heavy (non-hydrogen) atoms. The fourth-order valence-electron chi connectivity index (χ4n) is 2.91. The van der Waals surface area contributed by atoms with Crippen LogP contribution in [-0.2, 0) is 5.54 Å². The number of hydrogen-bond donors (Lipinski definition) is 0. The third-order valence-electron chi connectivity index (χ3n) is 4.01. The molecule has 0 atom stereocenters. The number of rotatable bonds is 4. The highest BCUT2D eigenvalue weighted by Gasteiger charge is 2.42. The van der Waals surface area contributed by atoms with Gasteiger partial charge in [-0.3, -0.25) is 4.90 Å². The number of hydrogen-bond acceptors (Lipinski definition) is 1. The Morgan fingerprint density at radius 3 is 2.18 bits per heavy atom. The lowest BCUT2D eigenvalue weighted by molar-refractivity contribution is 0.0203. The third-order valence-corrected chi connectivity index (χ3v) is 4.75. The molecule has 3 heteroatoms. The van der Waals surface area contributed by atoms with Gasteiger partial charge in [0.2, 0.25) is 0 Å². The van der Waals surface area contributed by atoms with E-state index in [1.165, 1.54) is 24.8 Å². The molecule has 1 aliphatic carbocycles. The van der Waals surface area contributed by atoms with Crippen molar-refractivity contribution in [3.63, 3.8) is 0 Å². The summed E-state index contributed by atoms with van der Waals surface area (Å²) in [6, 6.07) is 6.09. The lowest BCUT2D eigenvalue weighted by atomic mass is 9.70. The van der Waals surface area contributed by atoms with Gasteiger partial charge >= 0.3 is 0 Å². The van der Waals surface area contributed by atoms with Gasteiger partial charge in [0.25, 0.3) is 0 Å². The summed E-state index contributed by atoms with van der Waals surface area (Å²) in [6.07, 6.45) is 3.76. The van der Waals surface area contributed by atoms with Crippen LogP contribution in [0.2, 0.25) is 10.0 Å². The molecule has 1 aromatic carbocycles. The summed E-state index contributed by atoms with van der Waals surface area (Å²) in [5, 5.41) is 1.31. The minimum atomic E-state index is 0.206.